The maximum atomic E-state index is 12.4. The van der Waals surface area contributed by atoms with Crippen LogP contribution in [0.25, 0.3) is 11.1 Å². The summed E-state index contributed by atoms with van der Waals surface area (Å²) < 4.78 is 1.78. The molecule has 6 heteroatoms. The number of nitrogens with one attached hydrogen (secondary N) is 1. The number of hydrogen-bond donors (Lipinski definition) is 1. The van der Waals surface area contributed by atoms with Crippen molar-refractivity contribution in [3.8, 4) is 11.1 Å². The maximum absolute atomic E-state index is 12.4. The van der Waals surface area contributed by atoms with Crippen molar-refractivity contribution in [2.75, 3.05) is 5.32 Å². The summed E-state index contributed by atoms with van der Waals surface area (Å²) in [6.07, 6.45) is 3.71. The third-order valence-corrected chi connectivity index (χ3v) is 4.00. The van der Waals surface area contributed by atoms with Crippen LogP contribution in [0.5, 0.6) is 0 Å². The van der Waals surface area contributed by atoms with E-state index in [9.17, 15) is 14.9 Å². The molecule has 0 aliphatic carbocycles. The Morgan fingerprint density at radius 3 is 2.54 bits per heavy atom. The van der Waals surface area contributed by atoms with Crippen LogP contribution in [0.3, 0.4) is 0 Å². The molecular formula is C20H18N3O3+. The Bertz CT molecular complexity index is 956. The molecule has 1 aromatic heterocycles. The molecule has 0 saturated carbocycles. The monoisotopic (exact) mass is 348 g/mol. The van der Waals surface area contributed by atoms with Crippen LogP contribution in [0.1, 0.15) is 5.56 Å². The van der Waals surface area contributed by atoms with Gasteiger partial charge in [0.1, 0.15) is 0 Å². The van der Waals surface area contributed by atoms with E-state index in [1.807, 2.05) is 54.9 Å². The Morgan fingerprint density at radius 1 is 1.08 bits per heavy atom. The summed E-state index contributed by atoms with van der Waals surface area (Å²) in [5, 5.41) is 13.7. The highest BCUT2D eigenvalue weighted by molar-refractivity contribution is 5.90. The van der Waals surface area contributed by atoms with Gasteiger partial charge in [-0.3, -0.25) is 14.9 Å². The molecule has 6 nitrogen and oxygen atoms in total. The first-order chi connectivity index (χ1) is 12.5. The zero-order valence-electron chi connectivity index (χ0n) is 14.3. The number of rotatable bonds is 5. The summed E-state index contributed by atoms with van der Waals surface area (Å²) in [5.41, 5.74) is 3.24. The third-order valence-electron chi connectivity index (χ3n) is 4.00. The Labute approximate surface area is 150 Å². The molecule has 0 saturated heterocycles. The first kappa shape index (κ1) is 17.3. The van der Waals surface area contributed by atoms with Gasteiger partial charge in [-0.1, -0.05) is 36.4 Å². The largest absolute Gasteiger partial charge is 0.320 e. The molecule has 1 amide bonds. The van der Waals surface area contributed by atoms with E-state index in [0.717, 1.165) is 16.7 Å². The van der Waals surface area contributed by atoms with Gasteiger partial charge in [0.25, 0.3) is 11.6 Å². The summed E-state index contributed by atoms with van der Waals surface area (Å²) in [4.78, 5) is 22.8. The van der Waals surface area contributed by atoms with Crippen LogP contribution in [0, 0.1) is 17.0 Å². The van der Waals surface area contributed by atoms with E-state index in [1.54, 1.807) is 17.6 Å². The highest BCUT2D eigenvalue weighted by atomic mass is 16.6. The first-order valence-electron chi connectivity index (χ1n) is 8.12. The van der Waals surface area contributed by atoms with E-state index >= 15 is 0 Å². The zero-order valence-corrected chi connectivity index (χ0v) is 14.3. The summed E-state index contributed by atoms with van der Waals surface area (Å²) in [5.74, 6) is -0.246. The zero-order chi connectivity index (χ0) is 18.5. The minimum Gasteiger partial charge on any atom is -0.320 e. The number of aromatic nitrogens is 1. The van der Waals surface area contributed by atoms with Gasteiger partial charge in [0.15, 0.2) is 12.4 Å². The number of nitro benzene ring substituents is 1. The van der Waals surface area contributed by atoms with Gasteiger partial charge in [0, 0.05) is 23.8 Å². The van der Waals surface area contributed by atoms with Crippen LogP contribution in [0.2, 0.25) is 0 Å². The van der Waals surface area contributed by atoms with Crippen molar-refractivity contribution in [1.82, 2.24) is 0 Å². The van der Waals surface area contributed by atoms with Crippen LogP contribution in [0.15, 0.2) is 73.1 Å². The van der Waals surface area contributed by atoms with Crippen LogP contribution in [-0.2, 0) is 11.3 Å². The van der Waals surface area contributed by atoms with E-state index in [2.05, 4.69) is 5.32 Å². The van der Waals surface area contributed by atoms with Gasteiger partial charge >= 0.3 is 0 Å². The minimum atomic E-state index is -0.479. The molecule has 0 radical (unpaired) electrons. The third kappa shape index (κ3) is 4.10. The number of amides is 1. The number of anilines is 1. The molecular weight excluding hydrogens is 330 g/mol. The molecule has 0 spiro atoms. The average Bonchev–Trinajstić information content (AvgIpc) is 2.64. The van der Waals surface area contributed by atoms with Gasteiger partial charge in [-0.15, -0.1) is 0 Å². The Kier molecular flexibility index (Phi) is 5.03. The molecule has 0 unspecified atom stereocenters. The van der Waals surface area contributed by atoms with E-state index in [4.69, 9.17) is 0 Å². The Balaban J connectivity index is 1.75. The number of nitro groups is 1. The summed E-state index contributed by atoms with van der Waals surface area (Å²) in [7, 11) is 0. The predicted molar refractivity (Wildman–Crippen MR) is 98.5 cm³/mol. The molecule has 0 aliphatic heterocycles. The van der Waals surface area contributed by atoms with Crippen molar-refractivity contribution in [3.05, 3.63) is 88.7 Å². The topological polar surface area (TPSA) is 76.1 Å². The SMILES string of the molecule is Cc1ccc([N+](=O)[O-])cc1NC(=O)C[n+]1cccc(-c2ccccc2)c1. The second kappa shape index (κ2) is 7.57. The molecule has 0 fully saturated rings. The van der Waals surface area contributed by atoms with Gasteiger partial charge < -0.3 is 5.32 Å². The quantitative estimate of drug-likeness (QED) is 0.435. The van der Waals surface area contributed by atoms with Gasteiger partial charge in [-0.25, -0.2) is 0 Å². The predicted octanol–water partition coefficient (Wildman–Crippen LogP) is 3.50. The minimum absolute atomic E-state index is 0.0513. The molecule has 3 aromatic rings. The first-order valence-corrected chi connectivity index (χ1v) is 8.12. The molecule has 1 heterocycles. The fraction of sp³-hybridized carbons (Fsp3) is 0.100. The molecule has 2 aromatic carbocycles. The van der Waals surface area contributed by atoms with Crippen LogP contribution < -0.4 is 9.88 Å². The number of nitrogens with zero attached hydrogens (tertiary/aromatic N) is 2. The second-order valence-electron chi connectivity index (χ2n) is 5.94. The molecule has 0 atom stereocenters. The number of non-ortho nitro benzene ring substituents is 1. The fourth-order valence-corrected chi connectivity index (χ4v) is 2.64. The number of benzene rings is 2. The normalized spacial score (nSPS) is 10.3. The molecule has 3 rings (SSSR count). The van der Waals surface area contributed by atoms with Gasteiger partial charge in [-0.05, 0) is 24.1 Å². The van der Waals surface area contributed by atoms with Crippen LogP contribution >= 0.6 is 0 Å². The second-order valence-corrected chi connectivity index (χ2v) is 5.94. The van der Waals surface area contributed by atoms with Crippen molar-refractivity contribution in [2.45, 2.75) is 13.5 Å². The van der Waals surface area contributed by atoms with Crippen LogP contribution in [-0.4, -0.2) is 10.8 Å². The lowest BCUT2D eigenvalue weighted by molar-refractivity contribution is -0.683. The molecule has 0 bridgehead atoms. The van der Waals surface area contributed by atoms with Gasteiger partial charge in [0.05, 0.1) is 10.6 Å². The number of carbonyl (C=O) groups excluding carboxylic acids is 1. The molecule has 0 aliphatic rings. The average molecular weight is 348 g/mol. The van der Waals surface area contributed by atoms with Crippen molar-refractivity contribution < 1.29 is 14.3 Å². The van der Waals surface area contributed by atoms with Crippen molar-refractivity contribution >= 4 is 17.3 Å². The smallest absolute Gasteiger partial charge is 0.290 e. The highest BCUT2D eigenvalue weighted by Gasteiger charge is 2.14. The molecule has 1 N–H and O–H groups in total. The Morgan fingerprint density at radius 2 is 1.81 bits per heavy atom. The van der Waals surface area contributed by atoms with E-state index in [-0.39, 0.29) is 18.1 Å². The van der Waals surface area contributed by atoms with Crippen molar-refractivity contribution in [3.63, 3.8) is 0 Å². The van der Waals surface area contributed by atoms with E-state index in [1.165, 1.54) is 12.1 Å². The fourth-order valence-electron chi connectivity index (χ4n) is 2.64. The molecule has 26 heavy (non-hydrogen) atoms. The standard InChI is InChI=1S/C20H17N3O3/c1-15-9-10-18(23(25)26)12-19(15)21-20(24)14-22-11-5-8-17(13-22)16-6-3-2-4-7-16/h2-13H,14H2,1H3/p+1. The number of carbonyl (C=O) groups is 1. The summed E-state index contributed by atoms with van der Waals surface area (Å²) in [6, 6.07) is 18.2. The number of aryl methyl sites for hydroxylation is 1. The summed E-state index contributed by atoms with van der Waals surface area (Å²) >= 11 is 0. The van der Waals surface area contributed by atoms with E-state index < -0.39 is 4.92 Å². The van der Waals surface area contributed by atoms with Gasteiger partial charge in [0.2, 0.25) is 6.54 Å². The van der Waals surface area contributed by atoms with Crippen molar-refractivity contribution in [2.24, 2.45) is 0 Å². The van der Waals surface area contributed by atoms with Crippen molar-refractivity contribution in [1.29, 1.82) is 0 Å². The number of hydrogen-bond acceptors (Lipinski definition) is 3. The lowest BCUT2D eigenvalue weighted by atomic mass is 10.1. The Hall–Kier alpha value is -3.54. The number of pyridine rings is 1. The maximum Gasteiger partial charge on any atom is 0.290 e. The van der Waals surface area contributed by atoms with Gasteiger partial charge in [-0.2, -0.15) is 4.57 Å². The van der Waals surface area contributed by atoms with Crippen LogP contribution in [0.4, 0.5) is 11.4 Å². The molecule has 130 valence electrons. The summed E-state index contributed by atoms with van der Waals surface area (Å²) in [6.45, 7) is 1.91. The lowest BCUT2D eigenvalue weighted by Gasteiger charge is -2.07. The van der Waals surface area contributed by atoms with E-state index in [0.29, 0.717) is 5.69 Å². The highest BCUT2D eigenvalue weighted by Crippen LogP contribution is 2.21. The lowest BCUT2D eigenvalue weighted by Crippen LogP contribution is -2.39.